The van der Waals surface area contributed by atoms with Crippen molar-refractivity contribution in [2.24, 2.45) is 5.92 Å². The summed E-state index contributed by atoms with van der Waals surface area (Å²) in [5.41, 5.74) is 0. The van der Waals surface area contributed by atoms with Gasteiger partial charge in [0.2, 0.25) is 0 Å². The molecule has 1 heterocycles. The lowest BCUT2D eigenvalue weighted by Crippen LogP contribution is -2.00. The largest absolute Gasteiger partial charge is 0.361 e. The molecular formula is C13H20ClN3S. The normalized spacial score (nSPS) is 10.6. The Hall–Kier alpha value is -0.790. The Balaban J connectivity index is 2.09. The minimum Gasteiger partial charge on any atom is -0.361 e. The maximum absolute atomic E-state index is 8.75. The number of aromatic nitrogens is 1. The average Bonchev–Trinajstić information content (AvgIpc) is 2.68. The summed E-state index contributed by atoms with van der Waals surface area (Å²) in [6, 6.07) is 2.03. The van der Waals surface area contributed by atoms with Gasteiger partial charge in [0.05, 0.1) is 0 Å². The molecule has 0 atom stereocenters. The summed E-state index contributed by atoms with van der Waals surface area (Å²) >= 11 is 7.11. The number of hydrogen-bond donors (Lipinski definition) is 1. The number of rotatable bonds is 8. The molecule has 1 rings (SSSR count). The highest BCUT2D eigenvalue weighted by Crippen LogP contribution is 2.25. The van der Waals surface area contributed by atoms with Gasteiger partial charge in [-0.2, -0.15) is 5.26 Å². The minimum absolute atomic E-state index is 0.307. The number of nitrogens with one attached hydrogen (secondary N) is 1. The molecule has 0 saturated carbocycles. The van der Waals surface area contributed by atoms with E-state index >= 15 is 0 Å². The summed E-state index contributed by atoms with van der Waals surface area (Å²) < 4.78 is 0. The highest BCUT2D eigenvalue weighted by atomic mass is 35.5. The van der Waals surface area contributed by atoms with Gasteiger partial charge in [0.25, 0.3) is 0 Å². The summed E-state index contributed by atoms with van der Waals surface area (Å²) in [5.74, 6) is 0.810. The molecule has 0 saturated heterocycles. The summed E-state index contributed by atoms with van der Waals surface area (Å²) in [6.45, 7) is 5.43. The van der Waals surface area contributed by atoms with Crippen LogP contribution in [0, 0.1) is 17.2 Å². The van der Waals surface area contributed by atoms with Gasteiger partial charge in [-0.3, -0.25) is 0 Å². The Kier molecular flexibility index (Phi) is 7.07. The number of nitriles is 1. The van der Waals surface area contributed by atoms with Crippen LogP contribution in [0.5, 0.6) is 0 Å². The van der Waals surface area contributed by atoms with Crippen LogP contribution >= 0.6 is 22.9 Å². The van der Waals surface area contributed by atoms with Gasteiger partial charge in [-0.25, -0.2) is 4.98 Å². The van der Waals surface area contributed by atoms with Crippen LogP contribution < -0.4 is 5.32 Å². The number of anilines is 1. The average molecular weight is 286 g/mol. The van der Waals surface area contributed by atoms with E-state index in [0.717, 1.165) is 24.0 Å². The van der Waals surface area contributed by atoms with Crippen molar-refractivity contribution in [2.45, 2.75) is 46.0 Å². The van der Waals surface area contributed by atoms with E-state index < -0.39 is 0 Å². The van der Waals surface area contributed by atoms with Gasteiger partial charge in [0.1, 0.15) is 10.9 Å². The SMILES string of the molecule is CC(C)CCCCCCNc1nc(Cl)c(C#N)s1. The first kappa shape index (κ1) is 15.3. The van der Waals surface area contributed by atoms with E-state index in [9.17, 15) is 0 Å². The van der Waals surface area contributed by atoms with Crippen LogP contribution in [0.15, 0.2) is 0 Å². The zero-order valence-corrected chi connectivity index (χ0v) is 12.6. The van der Waals surface area contributed by atoms with Crippen LogP contribution in [-0.2, 0) is 0 Å². The van der Waals surface area contributed by atoms with Crippen molar-refractivity contribution in [3.63, 3.8) is 0 Å². The first-order chi connectivity index (χ1) is 8.63. The van der Waals surface area contributed by atoms with E-state index in [4.69, 9.17) is 16.9 Å². The van der Waals surface area contributed by atoms with Gasteiger partial charge in [0.15, 0.2) is 10.3 Å². The Morgan fingerprint density at radius 2 is 2.06 bits per heavy atom. The standard InChI is InChI=1S/C13H20ClN3S/c1-10(2)7-5-3-4-6-8-16-13-17-12(14)11(9-15)18-13/h10H,3-8H2,1-2H3,(H,16,17). The second kappa shape index (κ2) is 8.34. The monoisotopic (exact) mass is 285 g/mol. The molecule has 0 bridgehead atoms. The van der Waals surface area contributed by atoms with E-state index in [0.29, 0.717) is 10.0 Å². The van der Waals surface area contributed by atoms with Gasteiger partial charge in [-0.15, -0.1) is 0 Å². The Morgan fingerprint density at radius 1 is 1.33 bits per heavy atom. The molecule has 0 aliphatic heterocycles. The van der Waals surface area contributed by atoms with Crippen LogP contribution in [0.3, 0.4) is 0 Å². The maximum atomic E-state index is 8.75. The van der Waals surface area contributed by atoms with Crippen molar-refractivity contribution in [1.82, 2.24) is 4.98 Å². The van der Waals surface area contributed by atoms with Crippen molar-refractivity contribution < 1.29 is 0 Å². The summed E-state index contributed by atoms with van der Waals surface area (Å²) in [7, 11) is 0. The zero-order chi connectivity index (χ0) is 13.4. The van der Waals surface area contributed by atoms with Crippen LogP contribution in [0.4, 0.5) is 5.13 Å². The van der Waals surface area contributed by atoms with Gasteiger partial charge in [-0.05, 0) is 12.3 Å². The van der Waals surface area contributed by atoms with E-state index in [1.165, 1.54) is 37.0 Å². The van der Waals surface area contributed by atoms with Crippen molar-refractivity contribution in [3.8, 4) is 6.07 Å². The number of unbranched alkanes of at least 4 members (excludes halogenated alkanes) is 3. The van der Waals surface area contributed by atoms with Crippen LogP contribution in [0.2, 0.25) is 5.15 Å². The molecular weight excluding hydrogens is 266 g/mol. The molecule has 5 heteroatoms. The fourth-order valence-electron chi connectivity index (χ4n) is 1.67. The predicted octanol–water partition coefficient (Wildman–Crippen LogP) is 4.69. The van der Waals surface area contributed by atoms with Gasteiger partial charge in [0, 0.05) is 6.54 Å². The molecule has 3 nitrogen and oxygen atoms in total. The molecule has 1 N–H and O–H groups in total. The molecule has 0 fully saturated rings. The molecule has 100 valence electrons. The number of nitrogens with zero attached hydrogens (tertiary/aromatic N) is 2. The smallest absolute Gasteiger partial charge is 0.185 e. The lowest BCUT2D eigenvalue weighted by Gasteiger charge is -2.04. The van der Waals surface area contributed by atoms with E-state index in [1.807, 2.05) is 6.07 Å². The summed E-state index contributed by atoms with van der Waals surface area (Å²) in [4.78, 5) is 4.57. The van der Waals surface area contributed by atoms with Crippen LogP contribution in [0.1, 0.15) is 50.8 Å². The van der Waals surface area contributed by atoms with Crippen LogP contribution in [-0.4, -0.2) is 11.5 Å². The second-order valence-electron chi connectivity index (χ2n) is 4.77. The lowest BCUT2D eigenvalue weighted by molar-refractivity contribution is 0.523. The molecule has 0 unspecified atom stereocenters. The first-order valence-corrected chi connectivity index (χ1v) is 7.63. The van der Waals surface area contributed by atoms with Gasteiger partial charge < -0.3 is 5.32 Å². The molecule has 1 aromatic rings. The topological polar surface area (TPSA) is 48.7 Å². The lowest BCUT2D eigenvalue weighted by atomic mass is 10.0. The first-order valence-electron chi connectivity index (χ1n) is 6.43. The Morgan fingerprint density at radius 3 is 2.67 bits per heavy atom. The molecule has 18 heavy (non-hydrogen) atoms. The quantitative estimate of drug-likeness (QED) is 0.705. The molecule has 1 aromatic heterocycles. The third kappa shape index (κ3) is 5.70. The fourth-order valence-corrected chi connectivity index (χ4v) is 2.65. The molecule has 0 aliphatic carbocycles. The molecule has 0 amide bonds. The van der Waals surface area contributed by atoms with E-state index in [-0.39, 0.29) is 0 Å². The Bertz CT molecular complexity index is 395. The maximum Gasteiger partial charge on any atom is 0.185 e. The van der Waals surface area contributed by atoms with E-state index in [1.54, 1.807) is 0 Å². The van der Waals surface area contributed by atoms with E-state index in [2.05, 4.69) is 24.1 Å². The number of halogens is 1. The number of thiazole rings is 1. The minimum atomic E-state index is 0.307. The third-order valence-corrected chi connectivity index (χ3v) is 3.98. The Labute approximate surface area is 118 Å². The highest BCUT2D eigenvalue weighted by Gasteiger charge is 2.07. The van der Waals surface area contributed by atoms with Crippen molar-refractivity contribution in [1.29, 1.82) is 5.26 Å². The highest BCUT2D eigenvalue weighted by molar-refractivity contribution is 7.16. The summed E-state index contributed by atoms with van der Waals surface area (Å²) in [5, 5.41) is 13.0. The second-order valence-corrected chi connectivity index (χ2v) is 6.13. The molecule has 0 aromatic carbocycles. The van der Waals surface area contributed by atoms with Crippen LogP contribution in [0.25, 0.3) is 0 Å². The molecule has 0 spiro atoms. The van der Waals surface area contributed by atoms with Crippen molar-refractivity contribution in [2.75, 3.05) is 11.9 Å². The van der Waals surface area contributed by atoms with Crippen molar-refractivity contribution in [3.05, 3.63) is 10.0 Å². The zero-order valence-electron chi connectivity index (χ0n) is 11.0. The van der Waals surface area contributed by atoms with Gasteiger partial charge >= 0.3 is 0 Å². The van der Waals surface area contributed by atoms with Crippen molar-refractivity contribution >= 4 is 28.1 Å². The summed E-state index contributed by atoms with van der Waals surface area (Å²) in [6.07, 6.45) is 6.31. The third-order valence-electron chi connectivity index (χ3n) is 2.67. The fraction of sp³-hybridized carbons (Fsp3) is 0.692. The van der Waals surface area contributed by atoms with Gasteiger partial charge in [-0.1, -0.05) is 62.5 Å². The molecule has 0 aliphatic rings. The predicted molar refractivity (Wildman–Crippen MR) is 78.3 cm³/mol. The molecule has 0 radical (unpaired) electrons. The number of hydrogen-bond acceptors (Lipinski definition) is 4.